The molecule has 0 aliphatic rings. The second-order valence-electron chi connectivity index (χ2n) is 3.29. The van der Waals surface area contributed by atoms with E-state index in [4.69, 9.17) is 18.0 Å². The highest BCUT2D eigenvalue weighted by atomic mass is 32.1. The molecule has 0 fully saturated rings. The van der Waals surface area contributed by atoms with Crippen LogP contribution in [-0.4, -0.2) is 20.7 Å². The van der Waals surface area contributed by atoms with E-state index in [0.29, 0.717) is 6.54 Å². The fraction of sp³-hybridized carbons (Fsp3) is 0.444. The Morgan fingerprint density at radius 1 is 1.80 bits per heavy atom. The maximum atomic E-state index is 11.5. The third kappa shape index (κ3) is 3.02. The van der Waals surface area contributed by atoms with Gasteiger partial charge in [-0.05, 0) is 13.0 Å². The van der Waals surface area contributed by atoms with E-state index in [1.807, 2.05) is 13.1 Å². The SMILES string of the molecule is CC(C(=O)NCc1ccnn1C)C(N)=S. The molecule has 82 valence electrons. The molecule has 1 unspecified atom stereocenters. The highest BCUT2D eigenvalue weighted by Crippen LogP contribution is 1.98. The number of carbonyl (C=O) groups excluding carboxylic acids is 1. The first-order valence-electron chi connectivity index (χ1n) is 4.56. The molecule has 1 atom stereocenters. The van der Waals surface area contributed by atoms with Gasteiger partial charge in [-0.15, -0.1) is 0 Å². The minimum atomic E-state index is -0.437. The topological polar surface area (TPSA) is 72.9 Å². The number of aryl methyl sites for hydroxylation is 1. The maximum Gasteiger partial charge on any atom is 0.229 e. The summed E-state index contributed by atoms with van der Waals surface area (Å²) in [4.78, 5) is 11.7. The number of rotatable bonds is 4. The zero-order valence-corrected chi connectivity index (χ0v) is 9.54. The average molecular weight is 226 g/mol. The van der Waals surface area contributed by atoms with Crippen molar-refractivity contribution in [3.8, 4) is 0 Å². The molecule has 1 aromatic rings. The van der Waals surface area contributed by atoms with Crippen molar-refractivity contribution in [3.63, 3.8) is 0 Å². The Balaban J connectivity index is 2.48. The first kappa shape index (κ1) is 11.6. The van der Waals surface area contributed by atoms with E-state index in [1.165, 1.54) is 0 Å². The summed E-state index contributed by atoms with van der Waals surface area (Å²) in [6.07, 6.45) is 1.68. The zero-order valence-electron chi connectivity index (χ0n) is 8.73. The van der Waals surface area contributed by atoms with Crippen LogP contribution in [0.3, 0.4) is 0 Å². The van der Waals surface area contributed by atoms with Crippen LogP contribution in [0.15, 0.2) is 12.3 Å². The maximum absolute atomic E-state index is 11.5. The van der Waals surface area contributed by atoms with Crippen LogP contribution in [-0.2, 0) is 18.4 Å². The van der Waals surface area contributed by atoms with Crippen molar-refractivity contribution in [1.82, 2.24) is 15.1 Å². The van der Waals surface area contributed by atoms with Gasteiger partial charge in [0, 0.05) is 13.2 Å². The number of amides is 1. The van der Waals surface area contributed by atoms with Crippen molar-refractivity contribution in [1.29, 1.82) is 0 Å². The molecule has 0 aromatic carbocycles. The number of nitrogens with zero attached hydrogens (tertiary/aromatic N) is 2. The number of carbonyl (C=O) groups is 1. The Labute approximate surface area is 93.6 Å². The number of hydrogen-bond donors (Lipinski definition) is 2. The first-order chi connectivity index (χ1) is 7.02. The van der Waals surface area contributed by atoms with Crippen molar-refractivity contribution in [2.75, 3.05) is 0 Å². The van der Waals surface area contributed by atoms with Crippen molar-refractivity contribution in [2.45, 2.75) is 13.5 Å². The standard InChI is InChI=1S/C9H14N4OS/c1-6(8(10)15)9(14)11-5-7-3-4-12-13(7)2/h3-4,6H,5H2,1-2H3,(H2,10,15)(H,11,14). The molecule has 3 N–H and O–H groups in total. The van der Waals surface area contributed by atoms with Crippen LogP contribution in [0.25, 0.3) is 0 Å². The van der Waals surface area contributed by atoms with Crippen LogP contribution < -0.4 is 11.1 Å². The lowest BCUT2D eigenvalue weighted by Crippen LogP contribution is -2.36. The molecule has 1 aromatic heterocycles. The van der Waals surface area contributed by atoms with Gasteiger partial charge in [-0.1, -0.05) is 12.2 Å². The highest BCUT2D eigenvalue weighted by Gasteiger charge is 2.15. The van der Waals surface area contributed by atoms with E-state index in [0.717, 1.165) is 5.69 Å². The molecule has 0 radical (unpaired) electrons. The lowest BCUT2D eigenvalue weighted by atomic mass is 10.1. The van der Waals surface area contributed by atoms with Gasteiger partial charge in [0.15, 0.2) is 0 Å². The molecule has 0 spiro atoms. The van der Waals surface area contributed by atoms with Crippen molar-refractivity contribution >= 4 is 23.1 Å². The molecule has 0 aliphatic heterocycles. The minimum Gasteiger partial charge on any atom is -0.393 e. The van der Waals surface area contributed by atoms with Crippen LogP contribution in [0.2, 0.25) is 0 Å². The fourth-order valence-electron chi connectivity index (χ4n) is 1.03. The third-order valence-corrected chi connectivity index (χ3v) is 2.54. The van der Waals surface area contributed by atoms with Gasteiger partial charge in [0.1, 0.15) is 0 Å². The van der Waals surface area contributed by atoms with Crippen LogP contribution in [0.1, 0.15) is 12.6 Å². The Morgan fingerprint density at radius 3 is 2.93 bits per heavy atom. The second kappa shape index (κ2) is 4.88. The Morgan fingerprint density at radius 2 is 2.47 bits per heavy atom. The summed E-state index contributed by atoms with van der Waals surface area (Å²) in [5.74, 6) is -0.600. The van der Waals surface area contributed by atoms with Crippen molar-refractivity contribution < 1.29 is 4.79 Å². The van der Waals surface area contributed by atoms with Gasteiger partial charge in [0.25, 0.3) is 0 Å². The van der Waals surface area contributed by atoms with Gasteiger partial charge in [-0.3, -0.25) is 9.48 Å². The van der Waals surface area contributed by atoms with E-state index in [1.54, 1.807) is 17.8 Å². The summed E-state index contributed by atoms with van der Waals surface area (Å²) in [6.45, 7) is 2.11. The molecular weight excluding hydrogens is 212 g/mol. The summed E-state index contributed by atoms with van der Waals surface area (Å²) in [7, 11) is 1.82. The predicted molar refractivity (Wildman–Crippen MR) is 61.0 cm³/mol. The molecular formula is C9H14N4OS. The van der Waals surface area contributed by atoms with Crippen LogP contribution >= 0.6 is 12.2 Å². The quantitative estimate of drug-likeness (QED) is 0.706. The Hall–Kier alpha value is -1.43. The molecule has 5 nitrogen and oxygen atoms in total. The van der Waals surface area contributed by atoms with Gasteiger partial charge >= 0.3 is 0 Å². The van der Waals surface area contributed by atoms with Gasteiger partial charge in [-0.25, -0.2) is 0 Å². The van der Waals surface area contributed by atoms with E-state index in [9.17, 15) is 4.79 Å². The number of nitrogens with two attached hydrogens (primary N) is 1. The molecule has 1 heterocycles. The summed E-state index contributed by atoms with van der Waals surface area (Å²) >= 11 is 4.73. The molecule has 0 aliphatic carbocycles. The van der Waals surface area contributed by atoms with Crippen molar-refractivity contribution in [2.24, 2.45) is 18.7 Å². The number of nitrogens with one attached hydrogen (secondary N) is 1. The number of hydrogen-bond acceptors (Lipinski definition) is 3. The average Bonchev–Trinajstić information content (AvgIpc) is 2.59. The molecule has 0 bridgehead atoms. The summed E-state index contributed by atoms with van der Waals surface area (Å²) in [6, 6.07) is 1.84. The number of aromatic nitrogens is 2. The minimum absolute atomic E-state index is 0.163. The van der Waals surface area contributed by atoms with Gasteiger partial charge in [0.2, 0.25) is 5.91 Å². The molecule has 0 saturated heterocycles. The smallest absolute Gasteiger partial charge is 0.229 e. The van der Waals surface area contributed by atoms with Gasteiger partial charge in [0.05, 0.1) is 23.1 Å². The first-order valence-corrected chi connectivity index (χ1v) is 4.97. The van der Waals surface area contributed by atoms with Crippen LogP contribution in [0.4, 0.5) is 0 Å². The molecule has 15 heavy (non-hydrogen) atoms. The molecule has 0 saturated carbocycles. The second-order valence-corrected chi connectivity index (χ2v) is 3.76. The third-order valence-electron chi connectivity index (χ3n) is 2.19. The van der Waals surface area contributed by atoms with E-state index in [-0.39, 0.29) is 10.9 Å². The van der Waals surface area contributed by atoms with E-state index >= 15 is 0 Å². The zero-order chi connectivity index (χ0) is 11.4. The predicted octanol–water partition coefficient (Wildman–Crippen LogP) is -0.0415. The van der Waals surface area contributed by atoms with Crippen LogP contribution in [0, 0.1) is 5.92 Å². The van der Waals surface area contributed by atoms with Gasteiger partial charge < -0.3 is 11.1 Å². The van der Waals surface area contributed by atoms with Gasteiger partial charge in [-0.2, -0.15) is 5.10 Å². The van der Waals surface area contributed by atoms with E-state index in [2.05, 4.69) is 10.4 Å². The normalized spacial score (nSPS) is 12.1. The summed E-state index contributed by atoms with van der Waals surface area (Å²) < 4.78 is 1.70. The van der Waals surface area contributed by atoms with Crippen molar-refractivity contribution in [3.05, 3.63) is 18.0 Å². The molecule has 6 heteroatoms. The lowest BCUT2D eigenvalue weighted by Gasteiger charge is -2.10. The molecule has 1 amide bonds. The fourth-order valence-corrected chi connectivity index (χ4v) is 1.14. The van der Waals surface area contributed by atoms with Crippen LogP contribution in [0.5, 0.6) is 0 Å². The lowest BCUT2D eigenvalue weighted by molar-refractivity contribution is -0.122. The number of thiocarbonyl (C=S) groups is 1. The Bertz CT molecular complexity index is 374. The largest absolute Gasteiger partial charge is 0.393 e. The van der Waals surface area contributed by atoms with E-state index < -0.39 is 5.92 Å². The molecule has 1 rings (SSSR count). The summed E-state index contributed by atoms with van der Waals surface area (Å²) in [5.41, 5.74) is 6.30. The Kier molecular flexibility index (Phi) is 3.79. The summed E-state index contributed by atoms with van der Waals surface area (Å²) in [5, 5.41) is 6.73. The monoisotopic (exact) mass is 226 g/mol. The highest BCUT2D eigenvalue weighted by molar-refractivity contribution is 7.80.